The number of hydrogen-bond donors (Lipinski definition) is 2. The molecule has 0 amide bonds. The third-order valence-electron chi connectivity index (χ3n) is 4.16. The molecular formula is C20H34IN3O4. The van der Waals surface area contributed by atoms with Crippen molar-refractivity contribution in [1.82, 2.24) is 5.32 Å². The fourth-order valence-electron chi connectivity index (χ4n) is 2.79. The van der Waals surface area contributed by atoms with E-state index < -0.39 is 0 Å². The van der Waals surface area contributed by atoms with Crippen LogP contribution in [0.15, 0.2) is 23.2 Å². The van der Waals surface area contributed by atoms with Gasteiger partial charge in [-0.15, -0.1) is 24.0 Å². The summed E-state index contributed by atoms with van der Waals surface area (Å²) in [5.74, 6) is 2.73. The first-order valence-electron chi connectivity index (χ1n) is 9.78. The molecule has 8 heteroatoms. The number of anilines is 1. The number of nitrogens with zero attached hydrogens (tertiary/aromatic N) is 1. The molecule has 1 atom stereocenters. The summed E-state index contributed by atoms with van der Waals surface area (Å²) < 4.78 is 22.0. The van der Waals surface area contributed by atoms with Gasteiger partial charge in [0.2, 0.25) is 0 Å². The van der Waals surface area contributed by atoms with Gasteiger partial charge >= 0.3 is 0 Å². The Balaban J connectivity index is 0.00000392. The van der Waals surface area contributed by atoms with Crippen LogP contribution in [-0.2, 0) is 9.47 Å². The van der Waals surface area contributed by atoms with Gasteiger partial charge in [-0.3, -0.25) is 4.99 Å². The highest BCUT2D eigenvalue weighted by Gasteiger charge is 2.15. The van der Waals surface area contributed by atoms with Crippen LogP contribution in [0.1, 0.15) is 26.7 Å². The van der Waals surface area contributed by atoms with Crippen molar-refractivity contribution in [3.8, 4) is 11.5 Å². The lowest BCUT2D eigenvalue weighted by Crippen LogP contribution is -2.30. The Labute approximate surface area is 185 Å². The predicted octanol–water partition coefficient (Wildman–Crippen LogP) is 3.53. The van der Waals surface area contributed by atoms with Crippen LogP contribution in [0.2, 0.25) is 0 Å². The van der Waals surface area contributed by atoms with Gasteiger partial charge in [0, 0.05) is 44.0 Å². The largest absolute Gasteiger partial charge is 0.493 e. The summed E-state index contributed by atoms with van der Waals surface area (Å²) in [4.78, 5) is 4.61. The number of guanidine groups is 1. The van der Waals surface area contributed by atoms with Gasteiger partial charge in [-0.2, -0.15) is 0 Å². The zero-order chi connectivity index (χ0) is 19.3. The smallest absolute Gasteiger partial charge is 0.195 e. The molecule has 1 heterocycles. The molecule has 0 saturated carbocycles. The average Bonchev–Trinajstić information content (AvgIpc) is 3.19. The Morgan fingerprint density at radius 1 is 1.29 bits per heavy atom. The normalized spacial score (nSPS) is 16.4. The van der Waals surface area contributed by atoms with Gasteiger partial charge in [-0.1, -0.05) is 0 Å². The third-order valence-corrected chi connectivity index (χ3v) is 4.16. The van der Waals surface area contributed by atoms with Crippen LogP contribution in [0.4, 0.5) is 5.69 Å². The SMILES string of the molecule is CCNC(=NCCCOCC1CCOC1)Nc1ccc(OCC)c(OC)c1.I. The second-order valence-corrected chi connectivity index (χ2v) is 6.34. The van der Waals surface area contributed by atoms with E-state index >= 15 is 0 Å². The molecule has 2 rings (SSSR count). The predicted molar refractivity (Wildman–Crippen MR) is 124 cm³/mol. The minimum atomic E-state index is 0. The Kier molecular flexibility index (Phi) is 13.0. The van der Waals surface area contributed by atoms with Crippen molar-refractivity contribution in [1.29, 1.82) is 0 Å². The molecule has 7 nitrogen and oxygen atoms in total. The number of ether oxygens (including phenoxy) is 4. The topological polar surface area (TPSA) is 73.3 Å². The first-order valence-corrected chi connectivity index (χ1v) is 9.78. The molecule has 0 aromatic heterocycles. The van der Waals surface area contributed by atoms with Crippen LogP contribution >= 0.6 is 24.0 Å². The van der Waals surface area contributed by atoms with Gasteiger partial charge in [0.05, 0.1) is 26.9 Å². The maximum Gasteiger partial charge on any atom is 0.195 e. The lowest BCUT2D eigenvalue weighted by atomic mass is 10.1. The second kappa shape index (κ2) is 14.7. The number of methoxy groups -OCH3 is 1. The Morgan fingerprint density at radius 2 is 2.14 bits per heavy atom. The van der Waals surface area contributed by atoms with E-state index in [1.54, 1.807) is 7.11 Å². The van der Waals surface area contributed by atoms with Gasteiger partial charge in [0.25, 0.3) is 0 Å². The van der Waals surface area contributed by atoms with Crippen LogP contribution in [0.25, 0.3) is 0 Å². The van der Waals surface area contributed by atoms with Crippen molar-refractivity contribution in [3.05, 3.63) is 18.2 Å². The quantitative estimate of drug-likeness (QED) is 0.207. The molecule has 1 aromatic rings. The first kappa shape index (κ1) is 24.8. The second-order valence-electron chi connectivity index (χ2n) is 6.34. The molecule has 0 aliphatic carbocycles. The Bertz CT molecular complexity index is 581. The lowest BCUT2D eigenvalue weighted by Gasteiger charge is -2.14. The molecule has 1 aromatic carbocycles. The number of benzene rings is 1. The van der Waals surface area contributed by atoms with Crippen molar-refractivity contribution in [2.75, 3.05) is 58.6 Å². The first-order chi connectivity index (χ1) is 13.3. The Hall–Kier alpha value is -1.26. The van der Waals surface area contributed by atoms with Gasteiger partial charge < -0.3 is 29.6 Å². The number of hydrogen-bond acceptors (Lipinski definition) is 5. The summed E-state index contributed by atoms with van der Waals surface area (Å²) in [6, 6.07) is 5.76. The zero-order valence-corrected chi connectivity index (χ0v) is 19.5. The molecule has 0 bridgehead atoms. The molecule has 160 valence electrons. The van der Waals surface area contributed by atoms with E-state index in [4.69, 9.17) is 18.9 Å². The van der Waals surface area contributed by atoms with Gasteiger partial charge in [0.15, 0.2) is 17.5 Å². The summed E-state index contributed by atoms with van der Waals surface area (Å²) in [6.07, 6.45) is 1.99. The summed E-state index contributed by atoms with van der Waals surface area (Å²) in [7, 11) is 1.64. The van der Waals surface area contributed by atoms with Crippen molar-refractivity contribution in [3.63, 3.8) is 0 Å². The van der Waals surface area contributed by atoms with Gasteiger partial charge in [-0.05, 0) is 38.8 Å². The van der Waals surface area contributed by atoms with E-state index in [0.29, 0.717) is 24.8 Å². The van der Waals surface area contributed by atoms with Crippen LogP contribution < -0.4 is 20.1 Å². The molecule has 1 unspecified atom stereocenters. The number of aliphatic imine (C=N–C) groups is 1. The Morgan fingerprint density at radius 3 is 2.82 bits per heavy atom. The molecule has 0 spiro atoms. The number of halogens is 1. The molecule has 1 aliphatic heterocycles. The minimum absolute atomic E-state index is 0. The molecule has 0 radical (unpaired) electrons. The van der Waals surface area contributed by atoms with E-state index in [-0.39, 0.29) is 24.0 Å². The van der Waals surface area contributed by atoms with Crippen molar-refractivity contribution >= 4 is 35.6 Å². The standard InChI is InChI=1S/C20H33N3O4.HI/c1-4-21-20(22-10-6-11-25-14-16-9-12-26-15-16)23-17-7-8-18(27-5-2)19(13-17)24-3;/h7-8,13,16H,4-6,9-12,14-15H2,1-3H3,(H2,21,22,23);1H. The highest BCUT2D eigenvalue weighted by Crippen LogP contribution is 2.30. The zero-order valence-electron chi connectivity index (χ0n) is 17.2. The fraction of sp³-hybridized carbons (Fsp3) is 0.650. The molecule has 1 saturated heterocycles. The third kappa shape index (κ3) is 8.83. The molecule has 2 N–H and O–H groups in total. The van der Waals surface area contributed by atoms with E-state index in [1.807, 2.05) is 32.0 Å². The molecule has 28 heavy (non-hydrogen) atoms. The molecule has 1 aliphatic rings. The monoisotopic (exact) mass is 507 g/mol. The summed E-state index contributed by atoms with van der Waals surface area (Å²) in [5.41, 5.74) is 0.896. The average molecular weight is 507 g/mol. The number of rotatable bonds is 11. The van der Waals surface area contributed by atoms with Crippen molar-refractivity contribution in [2.24, 2.45) is 10.9 Å². The van der Waals surface area contributed by atoms with Crippen LogP contribution in [0, 0.1) is 5.92 Å². The van der Waals surface area contributed by atoms with Gasteiger partial charge in [-0.25, -0.2) is 0 Å². The van der Waals surface area contributed by atoms with E-state index in [0.717, 1.165) is 63.2 Å². The van der Waals surface area contributed by atoms with Crippen LogP contribution in [-0.4, -0.2) is 59.2 Å². The number of nitrogens with one attached hydrogen (secondary N) is 2. The van der Waals surface area contributed by atoms with Gasteiger partial charge in [0.1, 0.15) is 0 Å². The maximum atomic E-state index is 5.72. The van der Waals surface area contributed by atoms with E-state index in [9.17, 15) is 0 Å². The summed E-state index contributed by atoms with van der Waals surface area (Å²) in [5, 5.41) is 6.56. The van der Waals surface area contributed by atoms with E-state index in [2.05, 4.69) is 15.6 Å². The highest BCUT2D eigenvalue weighted by molar-refractivity contribution is 14.0. The highest BCUT2D eigenvalue weighted by atomic mass is 127. The molecular weight excluding hydrogens is 473 g/mol. The lowest BCUT2D eigenvalue weighted by molar-refractivity contribution is 0.0893. The van der Waals surface area contributed by atoms with Crippen LogP contribution in [0.3, 0.4) is 0 Å². The summed E-state index contributed by atoms with van der Waals surface area (Å²) >= 11 is 0. The fourth-order valence-corrected chi connectivity index (χ4v) is 2.79. The molecule has 1 fully saturated rings. The summed E-state index contributed by atoms with van der Waals surface area (Å²) in [6.45, 7) is 9.29. The maximum absolute atomic E-state index is 5.72. The van der Waals surface area contributed by atoms with E-state index in [1.165, 1.54) is 0 Å². The van der Waals surface area contributed by atoms with Crippen molar-refractivity contribution < 1.29 is 18.9 Å². The van der Waals surface area contributed by atoms with Crippen LogP contribution in [0.5, 0.6) is 11.5 Å². The minimum Gasteiger partial charge on any atom is -0.493 e. The van der Waals surface area contributed by atoms with Crippen molar-refractivity contribution in [2.45, 2.75) is 26.7 Å².